The highest BCUT2D eigenvalue weighted by Gasteiger charge is 1.98. The molecular formula is C11H22N2O2. The number of carbonyl (C=O) groups is 1. The summed E-state index contributed by atoms with van der Waals surface area (Å²) in [5.74, 6) is 0. The van der Waals surface area contributed by atoms with Crippen LogP contribution >= 0.6 is 0 Å². The lowest BCUT2D eigenvalue weighted by Crippen LogP contribution is -2.29. The number of amides is 1. The minimum Gasteiger partial charge on any atom is -0.450 e. The number of carbonyl (C=O) groups excluding carboxylic acids is 1. The molecule has 0 saturated heterocycles. The Morgan fingerprint density at radius 2 is 2.20 bits per heavy atom. The van der Waals surface area contributed by atoms with Gasteiger partial charge in [-0.1, -0.05) is 12.2 Å². The first-order valence-electron chi connectivity index (χ1n) is 5.53. The highest BCUT2D eigenvalue weighted by molar-refractivity contribution is 5.66. The van der Waals surface area contributed by atoms with Gasteiger partial charge >= 0.3 is 6.09 Å². The van der Waals surface area contributed by atoms with Crippen LogP contribution in [0.5, 0.6) is 0 Å². The number of alkyl carbamates (subject to hydrolysis) is 1. The average molecular weight is 214 g/mol. The van der Waals surface area contributed by atoms with Crippen molar-refractivity contribution in [2.24, 2.45) is 5.73 Å². The molecule has 0 fully saturated rings. The summed E-state index contributed by atoms with van der Waals surface area (Å²) >= 11 is 0. The Balaban J connectivity index is 3.12. The van der Waals surface area contributed by atoms with Crippen molar-refractivity contribution in [2.75, 3.05) is 19.7 Å². The van der Waals surface area contributed by atoms with E-state index in [9.17, 15) is 4.79 Å². The Kier molecular flexibility index (Phi) is 10.3. The summed E-state index contributed by atoms with van der Waals surface area (Å²) in [6.07, 6.45) is 8.11. The average Bonchev–Trinajstić information content (AvgIpc) is 2.25. The predicted octanol–water partition coefficient (Wildman–Crippen LogP) is 1.81. The standard InChI is InChI=1S/C11H22N2O2/c1-2-3-4-5-6-7-10-15-11(14)13-9-8-12/h2-3H,4-10,12H2,1H3,(H,13,14)/b3-2+. The van der Waals surface area contributed by atoms with E-state index in [0.717, 1.165) is 25.7 Å². The Morgan fingerprint density at radius 1 is 1.40 bits per heavy atom. The van der Waals surface area contributed by atoms with E-state index in [-0.39, 0.29) is 6.09 Å². The number of hydrogen-bond acceptors (Lipinski definition) is 3. The SMILES string of the molecule is C/C=C/CCCCCOC(=O)NCCN. The van der Waals surface area contributed by atoms with Crippen LogP contribution in [0, 0.1) is 0 Å². The van der Waals surface area contributed by atoms with Crippen molar-refractivity contribution in [1.82, 2.24) is 5.32 Å². The van der Waals surface area contributed by atoms with E-state index >= 15 is 0 Å². The van der Waals surface area contributed by atoms with E-state index in [1.54, 1.807) is 0 Å². The van der Waals surface area contributed by atoms with E-state index in [1.807, 2.05) is 6.92 Å². The maximum Gasteiger partial charge on any atom is 0.407 e. The van der Waals surface area contributed by atoms with Crippen LogP contribution in [0.1, 0.15) is 32.6 Å². The van der Waals surface area contributed by atoms with Crippen molar-refractivity contribution in [1.29, 1.82) is 0 Å². The molecule has 0 heterocycles. The maximum atomic E-state index is 10.9. The van der Waals surface area contributed by atoms with Gasteiger partial charge in [0.05, 0.1) is 6.61 Å². The lowest BCUT2D eigenvalue weighted by Gasteiger charge is -2.05. The zero-order chi connectivity index (χ0) is 11.4. The third kappa shape index (κ3) is 10.9. The number of unbranched alkanes of at least 4 members (excludes halogenated alkanes) is 3. The molecule has 3 N–H and O–H groups in total. The quantitative estimate of drug-likeness (QED) is 0.478. The molecule has 0 atom stereocenters. The molecule has 4 heteroatoms. The Hall–Kier alpha value is -1.03. The minimum absolute atomic E-state index is 0.367. The Bertz CT molecular complexity index is 181. The third-order valence-corrected chi connectivity index (χ3v) is 1.90. The van der Waals surface area contributed by atoms with Gasteiger partial charge in [0.15, 0.2) is 0 Å². The molecule has 15 heavy (non-hydrogen) atoms. The summed E-state index contributed by atoms with van der Waals surface area (Å²) in [4.78, 5) is 10.9. The van der Waals surface area contributed by atoms with E-state index in [1.165, 1.54) is 0 Å². The number of hydrogen-bond donors (Lipinski definition) is 2. The zero-order valence-electron chi connectivity index (χ0n) is 9.50. The largest absolute Gasteiger partial charge is 0.450 e. The molecule has 1 amide bonds. The highest BCUT2D eigenvalue weighted by Crippen LogP contribution is 2.00. The number of allylic oxidation sites excluding steroid dienone is 2. The molecular weight excluding hydrogens is 192 g/mol. The monoisotopic (exact) mass is 214 g/mol. The van der Waals surface area contributed by atoms with Crippen LogP contribution in [-0.2, 0) is 4.74 Å². The topological polar surface area (TPSA) is 64.3 Å². The van der Waals surface area contributed by atoms with Gasteiger partial charge in [-0.3, -0.25) is 0 Å². The van der Waals surface area contributed by atoms with E-state index in [4.69, 9.17) is 10.5 Å². The lowest BCUT2D eigenvalue weighted by molar-refractivity contribution is 0.144. The third-order valence-electron chi connectivity index (χ3n) is 1.90. The van der Waals surface area contributed by atoms with Crippen LogP contribution in [0.25, 0.3) is 0 Å². The summed E-state index contributed by atoms with van der Waals surface area (Å²) in [6.45, 7) is 3.43. The molecule has 0 radical (unpaired) electrons. The Morgan fingerprint density at radius 3 is 2.87 bits per heavy atom. The predicted molar refractivity (Wildman–Crippen MR) is 61.7 cm³/mol. The van der Waals surface area contributed by atoms with Crippen LogP contribution < -0.4 is 11.1 Å². The summed E-state index contributed by atoms with van der Waals surface area (Å²) in [5.41, 5.74) is 5.22. The fourth-order valence-electron chi connectivity index (χ4n) is 1.10. The summed E-state index contributed by atoms with van der Waals surface area (Å²) in [6, 6.07) is 0. The fraction of sp³-hybridized carbons (Fsp3) is 0.727. The summed E-state index contributed by atoms with van der Waals surface area (Å²) in [5, 5.41) is 2.55. The molecule has 0 aromatic heterocycles. The van der Waals surface area contributed by atoms with E-state index in [2.05, 4.69) is 17.5 Å². The normalized spacial score (nSPS) is 10.5. The van der Waals surface area contributed by atoms with Gasteiger partial charge in [0.1, 0.15) is 0 Å². The van der Waals surface area contributed by atoms with E-state index in [0.29, 0.717) is 19.7 Å². The number of nitrogens with one attached hydrogen (secondary N) is 1. The molecule has 4 nitrogen and oxygen atoms in total. The van der Waals surface area contributed by atoms with Crippen LogP contribution in [-0.4, -0.2) is 25.8 Å². The van der Waals surface area contributed by atoms with Crippen LogP contribution in [0.2, 0.25) is 0 Å². The maximum absolute atomic E-state index is 10.9. The van der Waals surface area contributed by atoms with Crippen LogP contribution in [0.3, 0.4) is 0 Å². The smallest absolute Gasteiger partial charge is 0.407 e. The molecule has 0 aliphatic carbocycles. The first-order valence-corrected chi connectivity index (χ1v) is 5.53. The lowest BCUT2D eigenvalue weighted by atomic mass is 10.2. The van der Waals surface area contributed by atoms with E-state index < -0.39 is 0 Å². The summed E-state index contributed by atoms with van der Waals surface area (Å²) in [7, 11) is 0. The first kappa shape index (κ1) is 14.0. The zero-order valence-corrected chi connectivity index (χ0v) is 9.50. The summed E-state index contributed by atoms with van der Waals surface area (Å²) < 4.78 is 4.93. The van der Waals surface area contributed by atoms with Crippen molar-refractivity contribution >= 4 is 6.09 Å². The van der Waals surface area contributed by atoms with Gasteiger partial charge < -0.3 is 15.8 Å². The van der Waals surface area contributed by atoms with Crippen molar-refractivity contribution in [3.8, 4) is 0 Å². The van der Waals surface area contributed by atoms with Gasteiger partial charge in [-0.15, -0.1) is 0 Å². The van der Waals surface area contributed by atoms with Crippen molar-refractivity contribution in [2.45, 2.75) is 32.6 Å². The van der Waals surface area contributed by atoms with Crippen LogP contribution in [0.15, 0.2) is 12.2 Å². The van der Waals surface area contributed by atoms with Gasteiger partial charge in [-0.25, -0.2) is 4.79 Å². The minimum atomic E-state index is -0.367. The molecule has 0 aromatic rings. The first-order chi connectivity index (χ1) is 7.31. The molecule has 0 spiro atoms. The molecule has 0 unspecified atom stereocenters. The number of rotatable bonds is 8. The molecule has 0 saturated carbocycles. The number of nitrogens with two attached hydrogens (primary N) is 1. The fourth-order valence-corrected chi connectivity index (χ4v) is 1.10. The molecule has 0 aliphatic heterocycles. The van der Waals surface area contributed by atoms with Gasteiger partial charge in [0, 0.05) is 13.1 Å². The molecule has 0 rings (SSSR count). The van der Waals surface area contributed by atoms with Crippen LogP contribution in [0.4, 0.5) is 4.79 Å². The Labute approximate surface area is 91.9 Å². The van der Waals surface area contributed by atoms with Crippen molar-refractivity contribution < 1.29 is 9.53 Å². The van der Waals surface area contributed by atoms with Gasteiger partial charge in [-0.05, 0) is 32.6 Å². The highest BCUT2D eigenvalue weighted by atomic mass is 16.5. The second kappa shape index (κ2) is 11.0. The van der Waals surface area contributed by atoms with Gasteiger partial charge in [0.25, 0.3) is 0 Å². The van der Waals surface area contributed by atoms with Crippen molar-refractivity contribution in [3.05, 3.63) is 12.2 Å². The van der Waals surface area contributed by atoms with Crippen molar-refractivity contribution in [3.63, 3.8) is 0 Å². The van der Waals surface area contributed by atoms with Gasteiger partial charge in [-0.2, -0.15) is 0 Å². The molecule has 88 valence electrons. The second-order valence-electron chi connectivity index (χ2n) is 3.27. The second-order valence-corrected chi connectivity index (χ2v) is 3.27. The molecule has 0 aliphatic rings. The molecule has 0 aromatic carbocycles. The number of ether oxygens (including phenoxy) is 1. The molecule has 0 bridgehead atoms. The van der Waals surface area contributed by atoms with Gasteiger partial charge in [0.2, 0.25) is 0 Å².